The van der Waals surface area contributed by atoms with Crippen LogP contribution in [0.25, 0.3) is 0 Å². The van der Waals surface area contributed by atoms with Crippen LogP contribution in [0.4, 0.5) is 0 Å². The third-order valence-electron chi connectivity index (χ3n) is 3.36. The van der Waals surface area contributed by atoms with Crippen LogP contribution in [0.5, 0.6) is 0 Å². The third-order valence-corrected chi connectivity index (χ3v) is 3.36. The van der Waals surface area contributed by atoms with Crippen LogP contribution >= 0.6 is 0 Å². The van der Waals surface area contributed by atoms with Crippen LogP contribution in [0.3, 0.4) is 0 Å². The maximum absolute atomic E-state index is 10.3. The lowest BCUT2D eigenvalue weighted by Crippen LogP contribution is -1.98. The van der Waals surface area contributed by atoms with Crippen LogP contribution in [0, 0.1) is 0 Å². The molecular weight excluding hydrogens is 328 g/mol. The molecule has 0 aromatic rings. The van der Waals surface area contributed by atoms with Gasteiger partial charge in [-0.3, -0.25) is 4.79 Å². The van der Waals surface area contributed by atoms with E-state index in [0.29, 0.717) is 19.3 Å². The van der Waals surface area contributed by atoms with Gasteiger partial charge in [-0.2, -0.15) is 0 Å². The predicted octanol–water partition coefficient (Wildman–Crippen LogP) is 4.49. The highest BCUT2D eigenvalue weighted by molar-refractivity contribution is 5.66. The van der Waals surface area contributed by atoms with Gasteiger partial charge in [-0.25, -0.2) is 0 Å². The molecule has 0 bridgehead atoms. The summed E-state index contributed by atoms with van der Waals surface area (Å²) in [6, 6.07) is 0. The summed E-state index contributed by atoms with van der Waals surface area (Å²) in [7, 11) is 0. The molecule has 0 aliphatic rings. The van der Waals surface area contributed by atoms with Crippen LogP contribution in [0.15, 0.2) is 72.9 Å². The van der Waals surface area contributed by atoms with Gasteiger partial charge >= 0.3 is 5.97 Å². The average molecular weight is 360 g/mol. The van der Waals surface area contributed by atoms with Crippen LogP contribution in [0.2, 0.25) is 0 Å². The highest BCUT2D eigenvalue weighted by atomic mass is 16.4. The normalized spacial score (nSPS) is 15.5. The molecule has 0 fully saturated rings. The van der Waals surface area contributed by atoms with Crippen molar-refractivity contribution in [3.8, 4) is 0 Å². The second-order valence-electron chi connectivity index (χ2n) is 5.75. The first kappa shape index (κ1) is 23.8. The van der Waals surface area contributed by atoms with Crippen molar-refractivity contribution in [1.29, 1.82) is 0 Å². The molecule has 26 heavy (non-hydrogen) atoms. The molecular formula is C22H32O4. The summed E-state index contributed by atoms with van der Waals surface area (Å²) in [4.78, 5) is 10.3. The topological polar surface area (TPSA) is 77.8 Å². The number of allylic oxidation sites excluding steroid dienone is 9. The largest absolute Gasteiger partial charge is 0.481 e. The summed E-state index contributed by atoms with van der Waals surface area (Å²) in [6.45, 7) is 1.92. The number of aliphatic carboxylic acids is 1. The number of aliphatic hydroxyl groups excluding tert-OH is 2. The first-order chi connectivity index (χ1) is 12.6. The van der Waals surface area contributed by atoms with Crippen molar-refractivity contribution in [2.75, 3.05) is 0 Å². The molecule has 4 nitrogen and oxygen atoms in total. The Kier molecular flexibility index (Phi) is 16.2. The zero-order valence-corrected chi connectivity index (χ0v) is 15.6. The van der Waals surface area contributed by atoms with Gasteiger partial charge in [0, 0.05) is 6.42 Å². The Morgan fingerprint density at radius 3 is 1.92 bits per heavy atom. The monoisotopic (exact) mass is 360 g/mol. The molecule has 0 rings (SSSR count). The zero-order chi connectivity index (χ0) is 19.5. The van der Waals surface area contributed by atoms with E-state index in [-0.39, 0.29) is 6.42 Å². The van der Waals surface area contributed by atoms with Gasteiger partial charge in [0.25, 0.3) is 0 Å². The minimum Gasteiger partial charge on any atom is -0.481 e. The third kappa shape index (κ3) is 18.2. The number of carbonyl (C=O) groups is 1. The number of aliphatic hydroxyl groups is 2. The second kappa shape index (κ2) is 17.6. The standard InChI is InChI=1S/C22H32O4/c1-2-20(23)16-12-10-11-14-18-21(24)17-13-8-6-4-3-5-7-9-15-19-22(25)26/h3-4,7-14,16,18,20-21,23-24H,2,5-6,15,17,19H2,1H3,(H,25,26)/b4-3-,9-7-,11-10-,13-8-,16-12+,18-14+/t20-,21-/m1/s1. The van der Waals surface area contributed by atoms with Crippen molar-refractivity contribution in [2.24, 2.45) is 0 Å². The molecule has 3 N–H and O–H groups in total. The van der Waals surface area contributed by atoms with Crippen molar-refractivity contribution in [2.45, 2.75) is 57.7 Å². The van der Waals surface area contributed by atoms with Gasteiger partial charge in [0.15, 0.2) is 0 Å². The van der Waals surface area contributed by atoms with Crippen LogP contribution < -0.4 is 0 Å². The van der Waals surface area contributed by atoms with Crippen LogP contribution in [-0.4, -0.2) is 33.5 Å². The first-order valence-corrected chi connectivity index (χ1v) is 9.10. The summed E-state index contributed by atoms with van der Waals surface area (Å²) in [6.07, 6.45) is 25.2. The van der Waals surface area contributed by atoms with E-state index in [1.165, 1.54) is 0 Å². The Labute approximate surface area is 157 Å². The summed E-state index contributed by atoms with van der Waals surface area (Å²) in [5.74, 6) is -0.771. The Hall–Kier alpha value is -2.17. The fourth-order valence-electron chi connectivity index (χ4n) is 1.83. The van der Waals surface area contributed by atoms with Crippen molar-refractivity contribution in [3.05, 3.63) is 72.9 Å². The lowest BCUT2D eigenvalue weighted by Gasteiger charge is -1.98. The molecule has 0 spiro atoms. The molecule has 0 aliphatic carbocycles. The van der Waals surface area contributed by atoms with E-state index in [1.807, 2.05) is 55.5 Å². The number of carboxylic acid groups (broad SMARTS) is 1. The SMILES string of the molecule is CC[C@@H](O)/C=C/C=C\C=C\[C@H](O)C/C=C\C/C=C\C/C=C\CCC(=O)O. The van der Waals surface area contributed by atoms with Crippen molar-refractivity contribution in [3.63, 3.8) is 0 Å². The second-order valence-corrected chi connectivity index (χ2v) is 5.75. The van der Waals surface area contributed by atoms with Gasteiger partial charge in [0.2, 0.25) is 0 Å². The van der Waals surface area contributed by atoms with E-state index < -0.39 is 18.2 Å². The maximum Gasteiger partial charge on any atom is 0.303 e. The molecule has 0 aromatic heterocycles. The number of rotatable bonds is 14. The Morgan fingerprint density at radius 2 is 1.35 bits per heavy atom. The number of carboxylic acids is 1. The van der Waals surface area contributed by atoms with Crippen LogP contribution in [0.1, 0.15) is 45.4 Å². The zero-order valence-electron chi connectivity index (χ0n) is 15.6. The lowest BCUT2D eigenvalue weighted by atomic mass is 10.2. The first-order valence-electron chi connectivity index (χ1n) is 9.10. The summed E-state index contributed by atoms with van der Waals surface area (Å²) in [5.41, 5.74) is 0. The molecule has 0 aromatic carbocycles. The number of hydrogen-bond donors (Lipinski definition) is 3. The Balaban J connectivity index is 3.78. The summed E-state index contributed by atoms with van der Waals surface area (Å²) >= 11 is 0. The molecule has 0 aliphatic heterocycles. The molecule has 0 radical (unpaired) electrons. The fraction of sp³-hybridized carbons (Fsp3) is 0.409. The van der Waals surface area contributed by atoms with Gasteiger partial charge in [0.1, 0.15) is 0 Å². The number of hydrogen-bond acceptors (Lipinski definition) is 3. The molecule has 4 heteroatoms. The van der Waals surface area contributed by atoms with Gasteiger partial charge in [-0.1, -0.05) is 79.8 Å². The van der Waals surface area contributed by atoms with Gasteiger partial charge in [-0.05, 0) is 32.1 Å². The van der Waals surface area contributed by atoms with E-state index in [2.05, 4.69) is 0 Å². The van der Waals surface area contributed by atoms with E-state index in [0.717, 1.165) is 12.8 Å². The predicted molar refractivity (Wildman–Crippen MR) is 108 cm³/mol. The van der Waals surface area contributed by atoms with E-state index in [1.54, 1.807) is 24.3 Å². The minimum absolute atomic E-state index is 0.175. The maximum atomic E-state index is 10.3. The molecule has 144 valence electrons. The van der Waals surface area contributed by atoms with Gasteiger partial charge < -0.3 is 15.3 Å². The van der Waals surface area contributed by atoms with Gasteiger partial charge in [-0.15, -0.1) is 0 Å². The molecule has 0 unspecified atom stereocenters. The molecule has 0 heterocycles. The molecule has 0 amide bonds. The smallest absolute Gasteiger partial charge is 0.303 e. The average Bonchev–Trinajstić information content (AvgIpc) is 2.61. The van der Waals surface area contributed by atoms with E-state index in [9.17, 15) is 15.0 Å². The summed E-state index contributed by atoms with van der Waals surface area (Å²) < 4.78 is 0. The highest BCUT2D eigenvalue weighted by Gasteiger charge is 1.93. The molecule has 0 saturated carbocycles. The van der Waals surface area contributed by atoms with Gasteiger partial charge in [0.05, 0.1) is 12.2 Å². The van der Waals surface area contributed by atoms with Crippen molar-refractivity contribution < 1.29 is 20.1 Å². The van der Waals surface area contributed by atoms with Crippen molar-refractivity contribution in [1.82, 2.24) is 0 Å². The van der Waals surface area contributed by atoms with Crippen molar-refractivity contribution >= 4 is 5.97 Å². The Bertz CT molecular complexity index is 524. The lowest BCUT2D eigenvalue weighted by molar-refractivity contribution is -0.136. The molecule has 2 atom stereocenters. The van der Waals surface area contributed by atoms with E-state index >= 15 is 0 Å². The summed E-state index contributed by atoms with van der Waals surface area (Å²) in [5, 5.41) is 27.6. The van der Waals surface area contributed by atoms with Crippen LogP contribution in [-0.2, 0) is 4.79 Å². The van der Waals surface area contributed by atoms with E-state index in [4.69, 9.17) is 5.11 Å². The molecule has 0 saturated heterocycles. The highest BCUT2D eigenvalue weighted by Crippen LogP contribution is 1.99. The fourth-order valence-corrected chi connectivity index (χ4v) is 1.83. The Morgan fingerprint density at radius 1 is 0.808 bits per heavy atom. The minimum atomic E-state index is -0.771. The quantitative estimate of drug-likeness (QED) is 0.315.